The summed E-state index contributed by atoms with van der Waals surface area (Å²) in [4.78, 5) is 24.2. The number of hydrogen-bond acceptors (Lipinski definition) is 5. The van der Waals surface area contributed by atoms with Gasteiger partial charge in [-0.2, -0.15) is 0 Å². The summed E-state index contributed by atoms with van der Waals surface area (Å²) < 4.78 is 13.3. The van der Waals surface area contributed by atoms with Gasteiger partial charge in [-0.3, -0.25) is 4.79 Å². The minimum absolute atomic E-state index is 0.0321. The van der Waals surface area contributed by atoms with Crippen molar-refractivity contribution in [2.45, 2.75) is 31.7 Å². The van der Waals surface area contributed by atoms with E-state index in [0.29, 0.717) is 43.9 Å². The zero-order chi connectivity index (χ0) is 18.4. The molecule has 0 aromatic carbocycles. The van der Waals surface area contributed by atoms with Gasteiger partial charge in [-0.1, -0.05) is 12.8 Å². The van der Waals surface area contributed by atoms with E-state index in [1.165, 1.54) is 25.7 Å². The zero-order valence-corrected chi connectivity index (χ0v) is 15.8. The van der Waals surface area contributed by atoms with E-state index in [2.05, 4.69) is 14.5 Å². The molecular formula is C20H26N4O3. The second-order valence-electron chi connectivity index (χ2n) is 8.35. The van der Waals surface area contributed by atoms with Gasteiger partial charge >= 0.3 is 0 Å². The maximum Gasteiger partial charge on any atom is 0.255 e. The number of fused-ring (bicyclic) bond motifs is 2. The Hall–Kier alpha value is -1.99. The van der Waals surface area contributed by atoms with Gasteiger partial charge in [0.2, 0.25) is 0 Å². The van der Waals surface area contributed by atoms with Crippen molar-refractivity contribution in [3.63, 3.8) is 0 Å². The molecule has 7 nitrogen and oxygen atoms in total. The van der Waals surface area contributed by atoms with Gasteiger partial charge < -0.3 is 18.9 Å². The smallest absolute Gasteiger partial charge is 0.255 e. The lowest BCUT2D eigenvalue weighted by atomic mass is 9.82. The van der Waals surface area contributed by atoms with Crippen LogP contribution in [0.1, 0.15) is 42.1 Å². The summed E-state index contributed by atoms with van der Waals surface area (Å²) in [5.41, 5.74) is 2.25. The Morgan fingerprint density at radius 1 is 1.37 bits per heavy atom. The molecule has 2 aromatic rings. The third kappa shape index (κ3) is 2.75. The molecule has 3 aliphatic rings. The number of carbonyl (C=O) groups excluding carboxylic acids is 1. The number of pyridine rings is 1. The second kappa shape index (κ2) is 6.56. The predicted molar refractivity (Wildman–Crippen MR) is 99.6 cm³/mol. The van der Waals surface area contributed by atoms with Crippen molar-refractivity contribution >= 4 is 17.1 Å². The Morgan fingerprint density at radius 2 is 2.22 bits per heavy atom. The van der Waals surface area contributed by atoms with Crippen LogP contribution in [0.3, 0.4) is 0 Å². The van der Waals surface area contributed by atoms with Gasteiger partial charge in [0.05, 0.1) is 31.7 Å². The van der Waals surface area contributed by atoms with Crippen LogP contribution in [0.25, 0.3) is 11.2 Å². The van der Waals surface area contributed by atoms with E-state index < -0.39 is 0 Å². The molecule has 0 N–H and O–H groups in total. The van der Waals surface area contributed by atoms with Crippen LogP contribution < -0.4 is 0 Å². The molecule has 4 heterocycles. The lowest BCUT2D eigenvalue weighted by Crippen LogP contribution is -2.37. The third-order valence-electron chi connectivity index (χ3n) is 6.62. The van der Waals surface area contributed by atoms with Gasteiger partial charge in [-0.15, -0.1) is 0 Å². The van der Waals surface area contributed by atoms with Gasteiger partial charge in [-0.05, 0) is 18.9 Å². The molecule has 7 heteroatoms. The van der Waals surface area contributed by atoms with Gasteiger partial charge in [0, 0.05) is 43.8 Å². The molecule has 0 bridgehead atoms. The standard InChI is InChI=1S/C20H26N4O3/c1-26-11-20-10-23(8-15(20)9-27-12-20)19(25)14-6-17-18(21-7-14)24(13-22-17)16-4-2-3-5-16/h6-7,13,15-16H,2-5,8-12H2,1H3/t15-,20-/m0/s1. The first kappa shape index (κ1) is 17.1. The van der Waals surface area contributed by atoms with Gasteiger partial charge in [-0.25, -0.2) is 9.97 Å². The van der Waals surface area contributed by atoms with Crippen LogP contribution in [-0.4, -0.2) is 65.4 Å². The number of carbonyl (C=O) groups is 1. The molecule has 5 rings (SSSR count). The number of nitrogens with zero attached hydrogens (tertiary/aromatic N) is 4. The van der Waals surface area contributed by atoms with Crippen LogP contribution in [0.5, 0.6) is 0 Å². The van der Waals surface area contributed by atoms with Crippen LogP contribution in [0.15, 0.2) is 18.6 Å². The normalized spacial score (nSPS) is 28.3. The molecule has 2 saturated heterocycles. The Morgan fingerprint density at radius 3 is 3.04 bits per heavy atom. The number of imidazole rings is 1. The molecule has 0 spiro atoms. The van der Waals surface area contributed by atoms with Crippen molar-refractivity contribution in [1.29, 1.82) is 0 Å². The maximum atomic E-state index is 13.1. The van der Waals surface area contributed by atoms with Crippen LogP contribution in [0.2, 0.25) is 0 Å². The number of amides is 1. The van der Waals surface area contributed by atoms with E-state index in [9.17, 15) is 4.79 Å². The summed E-state index contributed by atoms with van der Waals surface area (Å²) in [6.07, 6.45) is 8.51. The summed E-state index contributed by atoms with van der Waals surface area (Å²) in [6, 6.07) is 2.39. The fourth-order valence-corrected chi connectivity index (χ4v) is 5.15. The first-order valence-electron chi connectivity index (χ1n) is 9.89. The average molecular weight is 370 g/mol. The lowest BCUT2D eigenvalue weighted by molar-refractivity contribution is 0.0489. The molecule has 27 heavy (non-hydrogen) atoms. The summed E-state index contributed by atoms with van der Waals surface area (Å²) in [5, 5.41) is 0. The third-order valence-corrected chi connectivity index (χ3v) is 6.62. The van der Waals surface area contributed by atoms with Crippen molar-refractivity contribution < 1.29 is 14.3 Å². The molecule has 1 amide bonds. The minimum Gasteiger partial charge on any atom is -0.384 e. The van der Waals surface area contributed by atoms with Crippen LogP contribution >= 0.6 is 0 Å². The Bertz CT molecular complexity index is 860. The van der Waals surface area contributed by atoms with Gasteiger partial charge in [0.1, 0.15) is 5.52 Å². The molecule has 144 valence electrons. The van der Waals surface area contributed by atoms with E-state index in [-0.39, 0.29) is 11.3 Å². The van der Waals surface area contributed by atoms with Crippen molar-refractivity contribution in [3.8, 4) is 0 Å². The molecule has 2 aromatic heterocycles. The number of likely N-dealkylation sites (tertiary alicyclic amines) is 1. The number of hydrogen-bond donors (Lipinski definition) is 0. The molecule has 1 aliphatic carbocycles. The Labute approximate surface area is 158 Å². The molecular weight excluding hydrogens is 344 g/mol. The van der Waals surface area contributed by atoms with E-state index in [1.807, 2.05) is 17.3 Å². The fourth-order valence-electron chi connectivity index (χ4n) is 5.15. The molecule has 2 aliphatic heterocycles. The van der Waals surface area contributed by atoms with E-state index in [4.69, 9.17) is 9.47 Å². The van der Waals surface area contributed by atoms with Gasteiger partial charge in [0.15, 0.2) is 5.65 Å². The Kier molecular flexibility index (Phi) is 4.16. The van der Waals surface area contributed by atoms with Crippen LogP contribution in [0, 0.1) is 11.3 Å². The highest BCUT2D eigenvalue weighted by atomic mass is 16.5. The number of methoxy groups -OCH3 is 1. The topological polar surface area (TPSA) is 69.5 Å². The SMILES string of the molecule is COC[C@@]12COC[C@@H]1CN(C(=O)c1cnc3c(c1)ncn3C1CCCC1)C2. The van der Waals surface area contributed by atoms with Crippen molar-refractivity contribution in [1.82, 2.24) is 19.4 Å². The largest absolute Gasteiger partial charge is 0.384 e. The number of aromatic nitrogens is 3. The minimum atomic E-state index is -0.0635. The average Bonchev–Trinajstić information content (AvgIpc) is 3.42. The monoisotopic (exact) mass is 370 g/mol. The summed E-state index contributed by atoms with van der Waals surface area (Å²) in [6.45, 7) is 3.40. The molecule has 3 fully saturated rings. The van der Waals surface area contributed by atoms with E-state index in [1.54, 1.807) is 13.3 Å². The quantitative estimate of drug-likeness (QED) is 0.826. The molecule has 0 radical (unpaired) electrons. The second-order valence-corrected chi connectivity index (χ2v) is 8.35. The van der Waals surface area contributed by atoms with Gasteiger partial charge in [0.25, 0.3) is 5.91 Å². The van der Waals surface area contributed by atoms with Crippen molar-refractivity contribution in [3.05, 3.63) is 24.2 Å². The predicted octanol–water partition coefficient (Wildman–Crippen LogP) is 2.28. The van der Waals surface area contributed by atoms with Crippen molar-refractivity contribution in [2.24, 2.45) is 11.3 Å². The first-order valence-corrected chi connectivity index (χ1v) is 9.89. The van der Waals surface area contributed by atoms with E-state index in [0.717, 1.165) is 17.7 Å². The fraction of sp³-hybridized carbons (Fsp3) is 0.650. The zero-order valence-electron chi connectivity index (χ0n) is 15.8. The summed E-state index contributed by atoms with van der Waals surface area (Å²) >= 11 is 0. The first-order chi connectivity index (χ1) is 13.2. The molecule has 0 unspecified atom stereocenters. The van der Waals surface area contributed by atoms with Crippen molar-refractivity contribution in [2.75, 3.05) is 40.0 Å². The highest BCUT2D eigenvalue weighted by Gasteiger charge is 2.52. The highest BCUT2D eigenvalue weighted by Crippen LogP contribution is 2.42. The lowest BCUT2D eigenvalue weighted by Gasteiger charge is -2.25. The Balaban J connectivity index is 1.38. The number of rotatable bonds is 4. The highest BCUT2D eigenvalue weighted by molar-refractivity contribution is 5.96. The molecule has 1 saturated carbocycles. The van der Waals surface area contributed by atoms with Crippen LogP contribution in [0.4, 0.5) is 0 Å². The van der Waals surface area contributed by atoms with E-state index >= 15 is 0 Å². The summed E-state index contributed by atoms with van der Waals surface area (Å²) in [7, 11) is 1.72. The van der Waals surface area contributed by atoms with Crippen LogP contribution in [-0.2, 0) is 9.47 Å². The summed E-state index contributed by atoms with van der Waals surface area (Å²) in [5.74, 6) is 0.379. The number of ether oxygens (including phenoxy) is 2. The molecule has 2 atom stereocenters. The maximum absolute atomic E-state index is 13.1.